The summed E-state index contributed by atoms with van der Waals surface area (Å²) in [5.41, 5.74) is 8.47. The lowest BCUT2D eigenvalue weighted by Crippen LogP contribution is -2.47. The average molecular weight is 428 g/mol. The fraction of sp³-hybridized carbons (Fsp3) is 0.448. The second-order valence-corrected chi connectivity index (χ2v) is 9.78. The lowest BCUT2D eigenvalue weighted by Gasteiger charge is -2.43. The van der Waals surface area contributed by atoms with Gasteiger partial charge in [-0.05, 0) is 75.9 Å². The van der Waals surface area contributed by atoms with Crippen LogP contribution in [0.15, 0.2) is 60.8 Å². The zero-order valence-electron chi connectivity index (χ0n) is 19.7. The van der Waals surface area contributed by atoms with Crippen LogP contribution >= 0.6 is 0 Å². The monoisotopic (exact) mass is 427 g/mol. The number of piperidine rings is 2. The molecule has 2 fully saturated rings. The molecular weight excluding hydrogens is 390 g/mol. The molecule has 1 N–H and O–H groups in total. The summed E-state index contributed by atoms with van der Waals surface area (Å²) in [6.07, 6.45) is 8.88. The number of nitrogens with zero attached hydrogens (tertiary/aromatic N) is 2. The highest BCUT2D eigenvalue weighted by Gasteiger charge is 2.34. The van der Waals surface area contributed by atoms with Gasteiger partial charge in [0.05, 0.1) is 6.04 Å². The molecule has 2 saturated heterocycles. The summed E-state index contributed by atoms with van der Waals surface area (Å²) in [4.78, 5) is 2.87. The van der Waals surface area contributed by atoms with Crippen LogP contribution in [0.1, 0.15) is 60.5 Å². The van der Waals surface area contributed by atoms with E-state index in [9.17, 15) is 0 Å². The number of hydrogen-bond donors (Lipinski definition) is 1. The molecule has 0 bridgehead atoms. The van der Waals surface area contributed by atoms with Gasteiger partial charge in [-0.15, -0.1) is 0 Å². The highest BCUT2D eigenvalue weighted by atomic mass is 15.2. The molecular formula is C29H37N3. The Labute approximate surface area is 193 Å². The molecule has 3 nitrogen and oxygen atoms in total. The molecule has 0 spiro atoms. The Kier molecular flexibility index (Phi) is 6.47. The van der Waals surface area contributed by atoms with E-state index in [0.717, 1.165) is 19.6 Å². The smallest absolute Gasteiger partial charge is 0.0509 e. The standard InChI is InChI=1S/C29H37N3/c1-22-11-13-25(14-12-22)28-23(2)20-31(21-24-8-4-3-5-9-24)29(28)27-10-6-7-19-32(27)26-15-17-30-18-16-26/h3-5,8-9,11-14,20,26-27,30H,6-7,10,15-19,21H2,1-2H3. The Morgan fingerprint density at radius 3 is 2.38 bits per heavy atom. The van der Waals surface area contributed by atoms with Gasteiger partial charge in [0.2, 0.25) is 0 Å². The third kappa shape index (κ3) is 4.42. The van der Waals surface area contributed by atoms with E-state index < -0.39 is 0 Å². The van der Waals surface area contributed by atoms with E-state index in [-0.39, 0.29) is 0 Å². The van der Waals surface area contributed by atoms with Crippen molar-refractivity contribution in [1.29, 1.82) is 0 Å². The maximum absolute atomic E-state index is 3.57. The van der Waals surface area contributed by atoms with Crippen molar-refractivity contribution >= 4 is 0 Å². The predicted molar refractivity (Wildman–Crippen MR) is 134 cm³/mol. The second-order valence-electron chi connectivity index (χ2n) is 9.78. The summed E-state index contributed by atoms with van der Waals surface area (Å²) in [6, 6.07) is 21.3. The van der Waals surface area contributed by atoms with Gasteiger partial charge in [0.25, 0.3) is 0 Å². The third-order valence-corrected chi connectivity index (χ3v) is 7.48. The lowest BCUT2D eigenvalue weighted by molar-refractivity contribution is 0.0722. The summed E-state index contributed by atoms with van der Waals surface area (Å²) in [6.45, 7) is 8.97. The quantitative estimate of drug-likeness (QED) is 0.531. The molecule has 32 heavy (non-hydrogen) atoms. The normalized spacial score (nSPS) is 20.5. The van der Waals surface area contributed by atoms with E-state index in [1.807, 2.05) is 0 Å². The molecule has 2 aliphatic rings. The summed E-state index contributed by atoms with van der Waals surface area (Å²) in [7, 11) is 0. The molecule has 5 rings (SSSR count). The summed E-state index contributed by atoms with van der Waals surface area (Å²) < 4.78 is 2.57. The van der Waals surface area contributed by atoms with Crippen molar-refractivity contribution in [3.8, 4) is 11.1 Å². The van der Waals surface area contributed by atoms with Crippen molar-refractivity contribution in [2.24, 2.45) is 0 Å². The Bertz CT molecular complexity index is 1010. The zero-order chi connectivity index (χ0) is 21.9. The molecule has 1 aromatic heterocycles. The summed E-state index contributed by atoms with van der Waals surface area (Å²) in [5.74, 6) is 0. The van der Waals surface area contributed by atoms with Gasteiger partial charge in [-0.3, -0.25) is 4.90 Å². The molecule has 1 unspecified atom stereocenters. The van der Waals surface area contributed by atoms with Crippen LogP contribution in [-0.4, -0.2) is 35.1 Å². The number of rotatable bonds is 5. The number of nitrogens with one attached hydrogen (secondary N) is 1. The fourth-order valence-corrected chi connectivity index (χ4v) is 5.90. The van der Waals surface area contributed by atoms with Gasteiger partial charge in [-0.1, -0.05) is 66.6 Å². The van der Waals surface area contributed by atoms with E-state index in [2.05, 4.69) is 89.4 Å². The van der Waals surface area contributed by atoms with E-state index >= 15 is 0 Å². The van der Waals surface area contributed by atoms with Crippen LogP contribution < -0.4 is 5.32 Å². The van der Waals surface area contributed by atoms with Crippen molar-refractivity contribution in [2.45, 2.75) is 64.6 Å². The topological polar surface area (TPSA) is 20.2 Å². The Morgan fingerprint density at radius 1 is 0.875 bits per heavy atom. The first-order chi connectivity index (χ1) is 15.7. The van der Waals surface area contributed by atoms with E-state index in [4.69, 9.17) is 0 Å². The molecule has 168 valence electrons. The van der Waals surface area contributed by atoms with Gasteiger partial charge in [0.15, 0.2) is 0 Å². The Hall–Kier alpha value is -2.36. The fourth-order valence-electron chi connectivity index (χ4n) is 5.90. The highest BCUT2D eigenvalue weighted by molar-refractivity contribution is 5.71. The van der Waals surface area contributed by atoms with Gasteiger partial charge in [0, 0.05) is 30.0 Å². The second kappa shape index (κ2) is 9.64. The van der Waals surface area contributed by atoms with Crippen molar-refractivity contribution in [2.75, 3.05) is 19.6 Å². The summed E-state index contributed by atoms with van der Waals surface area (Å²) in [5, 5.41) is 3.57. The lowest BCUT2D eigenvalue weighted by atomic mass is 9.89. The minimum absolute atomic E-state index is 0.501. The highest BCUT2D eigenvalue weighted by Crippen LogP contribution is 2.42. The van der Waals surface area contributed by atoms with Gasteiger partial charge in [0.1, 0.15) is 0 Å². The van der Waals surface area contributed by atoms with Gasteiger partial charge >= 0.3 is 0 Å². The first-order valence-electron chi connectivity index (χ1n) is 12.5. The molecule has 2 aliphatic heterocycles. The number of aromatic nitrogens is 1. The molecule has 3 aromatic rings. The van der Waals surface area contributed by atoms with E-state index in [0.29, 0.717) is 12.1 Å². The first kappa shape index (κ1) is 21.5. The third-order valence-electron chi connectivity index (χ3n) is 7.48. The van der Waals surface area contributed by atoms with Crippen molar-refractivity contribution in [1.82, 2.24) is 14.8 Å². The Morgan fingerprint density at radius 2 is 1.62 bits per heavy atom. The molecule has 2 aromatic carbocycles. The molecule has 3 heteroatoms. The molecule has 0 radical (unpaired) electrons. The van der Waals surface area contributed by atoms with Crippen LogP contribution in [0.2, 0.25) is 0 Å². The number of hydrogen-bond acceptors (Lipinski definition) is 2. The van der Waals surface area contributed by atoms with E-state index in [1.165, 1.54) is 72.2 Å². The van der Waals surface area contributed by atoms with Crippen LogP contribution in [-0.2, 0) is 6.54 Å². The minimum atomic E-state index is 0.501. The van der Waals surface area contributed by atoms with Crippen molar-refractivity contribution < 1.29 is 0 Å². The number of likely N-dealkylation sites (tertiary alicyclic amines) is 1. The molecule has 0 amide bonds. The van der Waals surface area contributed by atoms with Crippen LogP contribution in [0, 0.1) is 13.8 Å². The van der Waals surface area contributed by atoms with Crippen LogP contribution in [0.3, 0.4) is 0 Å². The number of benzene rings is 2. The zero-order valence-corrected chi connectivity index (χ0v) is 19.7. The largest absolute Gasteiger partial charge is 0.345 e. The van der Waals surface area contributed by atoms with E-state index in [1.54, 1.807) is 0 Å². The Balaban J connectivity index is 1.60. The molecule has 0 saturated carbocycles. The first-order valence-corrected chi connectivity index (χ1v) is 12.5. The van der Waals surface area contributed by atoms with Gasteiger partial charge in [-0.2, -0.15) is 0 Å². The van der Waals surface area contributed by atoms with Crippen LogP contribution in [0.5, 0.6) is 0 Å². The van der Waals surface area contributed by atoms with Gasteiger partial charge < -0.3 is 9.88 Å². The molecule has 1 atom stereocenters. The maximum atomic E-state index is 3.57. The predicted octanol–water partition coefficient (Wildman–Crippen LogP) is 6.10. The minimum Gasteiger partial charge on any atom is -0.345 e. The van der Waals surface area contributed by atoms with Crippen LogP contribution in [0.4, 0.5) is 0 Å². The number of aryl methyl sites for hydroxylation is 2. The van der Waals surface area contributed by atoms with Crippen LogP contribution in [0.25, 0.3) is 11.1 Å². The average Bonchev–Trinajstić information content (AvgIpc) is 3.16. The van der Waals surface area contributed by atoms with Crippen molar-refractivity contribution in [3.05, 3.63) is 83.2 Å². The summed E-state index contributed by atoms with van der Waals surface area (Å²) >= 11 is 0. The molecule has 0 aliphatic carbocycles. The maximum Gasteiger partial charge on any atom is 0.0509 e. The van der Waals surface area contributed by atoms with Gasteiger partial charge in [-0.25, -0.2) is 0 Å². The van der Waals surface area contributed by atoms with Crippen molar-refractivity contribution in [3.63, 3.8) is 0 Å². The SMILES string of the molecule is Cc1ccc(-c2c(C)cn(Cc3ccccc3)c2C2CCCCN2C2CCNCC2)cc1. The molecule has 3 heterocycles.